The smallest absolute Gasteiger partial charge is 0.216 e. The average molecular weight is 366 g/mol. The van der Waals surface area contributed by atoms with Crippen molar-refractivity contribution in [1.82, 2.24) is 19.7 Å². The number of hydrogen-bond donors (Lipinski definition) is 0. The zero-order chi connectivity index (χ0) is 19.0. The van der Waals surface area contributed by atoms with E-state index in [1.54, 1.807) is 6.20 Å². The Bertz CT molecular complexity index is 944. The van der Waals surface area contributed by atoms with Gasteiger partial charge < -0.3 is 9.15 Å². The molecule has 6 heteroatoms. The summed E-state index contributed by atoms with van der Waals surface area (Å²) in [6.07, 6.45) is 1.80. The largest absolute Gasteiger partial charge is 0.439 e. The summed E-state index contributed by atoms with van der Waals surface area (Å²) < 4.78 is 13.7. The van der Waals surface area contributed by atoms with Gasteiger partial charge in [0.05, 0.1) is 31.1 Å². The van der Waals surface area contributed by atoms with E-state index in [0.717, 1.165) is 35.9 Å². The van der Waals surface area contributed by atoms with E-state index >= 15 is 0 Å². The first-order valence-corrected chi connectivity index (χ1v) is 9.37. The van der Waals surface area contributed by atoms with Gasteiger partial charge in [-0.15, -0.1) is 0 Å². The van der Waals surface area contributed by atoms with Crippen molar-refractivity contribution in [3.63, 3.8) is 0 Å². The molecule has 3 aromatic rings. The third-order valence-corrected chi connectivity index (χ3v) is 5.42. The second kappa shape index (κ2) is 7.29. The van der Waals surface area contributed by atoms with Gasteiger partial charge in [0.1, 0.15) is 6.54 Å². The second-order valence-corrected chi connectivity index (χ2v) is 7.25. The molecule has 3 heterocycles. The minimum atomic E-state index is 0.250. The first-order valence-electron chi connectivity index (χ1n) is 9.37. The molecule has 1 saturated heterocycles. The van der Waals surface area contributed by atoms with Crippen molar-refractivity contribution in [3.8, 4) is 11.3 Å². The van der Waals surface area contributed by atoms with Crippen molar-refractivity contribution in [2.24, 2.45) is 0 Å². The predicted molar refractivity (Wildman–Crippen MR) is 104 cm³/mol. The Morgan fingerprint density at radius 2 is 2.00 bits per heavy atom. The molecule has 0 spiro atoms. The molecule has 1 unspecified atom stereocenters. The van der Waals surface area contributed by atoms with Crippen LogP contribution in [0.25, 0.3) is 11.3 Å². The van der Waals surface area contributed by atoms with Crippen LogP contribution in [0.5, 0.6) is 0 Å². The highest BCUT2D eigenvalue weighted by molar-refractivity contribution is 5.60. The fourth-order valence-electron chi connectivity index (χ4n) is 3.82. The maximum absolute atomic E-state index is 6.02. The molecule has 2 aromatic heterocycles. The van der Waals surface area contributed by atoms with Gasteiger partial charge in [-0.1, -0.05) is 24.3 Å². The van der Waals surface area contributed by atoms with Crippen LogP contribution in [0, 0.1) is 20.8 Å². The van der Waals surface area contributed by atoms with Crippen molar-refractivity contribution in [2.75, 3.05) is 26.8 Å². The molecule has 0 aliphatic carbocycles. The Balaban J connectivity index is 1.59. The topological polar surface area (TPSA) is 56.3 Å². The number of aryl methyl sites for hydroxylation is 2. The van der Waals surface area contributed by atoms with Crippen molar-refractivity contribution in [3.05, 3.63) is 58.9 Å². The first kappa shape index (κ1) is 17.9. The van der Waals surface area contributed by atoms with E-state index in [0.29, 0.717) is 19.0 Å². The SMILES string of the molecule is Cc1ccccc1-c1cnc(Cn2nc(C)c(C3COCCN3C)c2C)o1. The van der Waals surface area contributed by atoms with E-state index in [1.807, 2.05) is 16.8 Å². The second-order valence-electron chi connectivity index (χ2n) is 7.25. The monoisotopic (exact) mass is 366 g/mol. The van der Waals surface area contributed by atoms with E-state index in [2.05, 4.69) is 49.8 Å². The van der Waals surface area contributed by atoms with Gasteiger partial charge >= 0.3 is 0 Å². The number of morpholine rings is 1. The first-order chi connectivity index (χ1) is 13.0. The van der Waals surface area contributed by atoms with Crippen molar-refractivity contribution in [1.29, 1.82) is 0 Å². The average Bonchev–Trinajstić information content (AvgIpc) is 3.21. The molecule has 1 aliphatic rings. The molecular formula is C21H26N4O2. The molecule has 1 atom stereocenters. The molecule has 0 amide bonds. The highest BCUT2D eigenvalue weighted by Gasteiger charge is 2.27. The maximum atomic E-state index is 6.02. The van der Waals surface area contributed by atoms with Gasteiger partial charge in [-0.3, -0.25) is 9.58 Å². The Hall–Kier alpha value is -2.44. The van der Waals surface area contributed by atoms with Crippen molar-refractivity contribution < 1.29 is 9.15 Å². The highest BCUT2D eigenvalue weighted by Crippen LogP contribution is 2.29. The third-order valence-electron chi connectivity index (χ3n) is 5.42. The van der Waals surface area contributed by atoms with Crippen LogP contribution in [-0.2, 0) is 11.3 Å². The molecule has 1 aliphatic heterocycles. The number of benzene rings is 1. The molecule has 0 bridgehead atoms. The standard InChI is InChI=1S/C21H26N4O2/c1-14-7-5-6-8-17(14)19-11-22-20(27-19)12-25-16(3)21(15(2)23-25)18-13-26-10-9-24(18)4/h5-8,11,18H,9-10,12-13H2,1-4H3. The molecule has 0 N–H and O–H groups in total. The summed E-state index contributed by atoms with van der Waals surface area (Å²) in [4.78, 5) is 6.81. The maximum Gasteiger partial charge on any atom is 0.216 e. The minimum absolute atomic E-state index is 0.250. The van der Waals surface area contributed by atoms with E-state index in [-0.39, 0.29) is 6.04 Å². The molecule has 1 aromatic carbocycles. The van der Waals surface area contributed by atoms with Crippen LogP contribution in [0.2, 0.25) is 0 Å². The lowest BCUT2D eigenvalue weighted by Crippen LogP contribution is -2.37. The molecular weight excluding hydrogens is 340 g/mol. The Morgan fingerprint density at radius 3 is 2.78 bits per heavy atom. The van der Waals surface area contributed by atoms with Gasteiger partial charge in [-0.05, 0) is 33.4 Å². The zero-order valence-corrected chi connectivity index (χ0v) is 16.4. The fraction of sp³-hybridized carbons (Fsp3) is 0.429. The molecule has 4 rings (SSSR count). The van der Waals surface area contributed by atoms with E-state index in [9.17, 15) is 0 Å². The Labute approximate surface area is 159 Å². The van der Waals surface area contributed by atoms with Gasteiger partial charge in [-0.25, -0.2) is 4.98 Å². The van der Waals surface area contributed by atoms with Gasteiger partial charge in [0, 0.05) is 23.4 Å². The molecule has 0 radical (unpaired) electrons. The summed E-state index contributed by atoms with van der Waals surface area (Å²) in [7, 11) is 2.14. The van der Waals surface area contributed by atoms with Crippen LogP contribution in [0.15, 0.2) is 34.9 Å². The highest BCUT2D eigenvalue weighted by atomic mass is 16.5. The van der Waals surface area contributed by atoms with Crippen LogP contribution in [-0.4, -0.2) is 46.5 Å². The lowest BCUT2D eigenvalue weighted by molar-refractivity contribution is 0.00457. The number of hydrogen-bond acceptors (Lipinski definition) is 5. The summed E-state index contributed by atoms with van der Waals surface area (Å²) in [6.45, 7) is 9.22. The number of oxazole rings is 1. The number of ether oxygens (including phenoxy) is 1. The van der Waals surface area contributed by atoms with Crippen molar-refractivity contribution in [2.45, 2.75) is 33.4 Å². The van der Waals surface area contributed by atoms with E-state index in [4.69, 9.17) is 14.3 Å². The normalized spacial score (nSPS) is 18.1. The lowest BCUT2D eigenvalue weighted by atomic mass is 10.0. The molecule has 27 heavy (non-hydrogen) atoms. The zero-order valence-electron chi connectivity index (χ0n) is 16.4. The Morgan fingerprint density at radius 1 is 1.19 bits per heavy atom. The van der Waals surface area contributed by atoms with E-state index < -0.39 is 0 Å². The number of nitrogens with zero attached hydrogens (tertiary/aromatic N) is 4. The summed E-state index contributed by atoms with van der Waals surface area (Å²) >= 11 is 0. The summed E-state index contributed by atoms with van der Waals surface area (Å²) in [5.74, 6) is 1.46. The van der Waals surface area contributed by atoms with Gasteiger partial charge in [0.25, 0.3) is 0 Å². The van der Waals surface area contributed by atoms with Crippen LogP contribution in [0.1, 0.15) is 34.4 Å². The molecule has 0 saturated carbocycles. The van der Waals surface area contributed by atoms with Crippen LogP contribution in [0.4, 0.5) is 0 Å². The minimum Gasteiger partial charge on any atom is -0.439 e. The van der Waals surface area contributed by atoms with Crippen molar-refractivity contribution >= 4 is 0 Å². The predicted octanol–water partition coefficient (Wildman–Crippen LogP) is 3.51. The molecule has 1 fully saturated rings. The van der Waals surface area contributed by atoms with Crippen LogP contribution < -0.4 is 0 Å². The fourth-order valence-corrected chi connectivity index (χ4v) is 3.82. The van der Waals surface area contributed by atoms with Gasteiger partial charge in [-0.2, -0.15) is 5.10 Å². The van der Waals surface area contributed by atoms with E-state index in [1.165, 1.54) is 11.1 Å². The lowest BCUT2D eigenvalue weighted by Gasteiger charge is -2.32. The number of likely N-dealkylation sites (N-methyl/N-ethyl adjacent to an activating group) is 1. The molecule has 142 valence electrons. The summed E-state index contributed by atoms with van der Waals surface area (Å²) in [5.41, 5.74) is 5.69. The third kappa shape index (κ3) is 3.42. The van der Waals surface area contributed by atoms with Crippen LogP contribution in [0.3, 0.4) is 0 Å². The Kier molecular flexibility index (Phi) is 4.85. The number of rotatable bonds is 4. The number of aromatic nitrogens is 3. The quantitative estimate of drug-likeness (QED) is 0.707. The van der Waals surface area contributed by atoms with Crippen LogP contribution >= 0.6 is 0 Å². The molecule has 6 nitrogen and oxygen atoms in total. The van der Waals surface area contributed by atoms with Gasteiger partial charge in [0.15, 0.2) is 5.76 Å². The summed E-state index contributed by atoms with van der Waals surface area (Å²) in [6, 6.07) is 8.42. The summed E-state index contributed by atoms with van der Waals surface area (Å²) in [5, 5.41) is 4.75. The van der Waals surface area contributed by atoms with Gasteiger partial charge in [0.2, 0.25) is 5.89 Å².